The Balaban J connectivity index is 1.96. The number of hydrogen-bond acceptors (Lipinski definition) is 1. The number of thiophene rings is 1. The maximum atomic E-state index is 14.5. The van der Waals surface area contributed by atoms with E-state index >= 15 is 0 Å². The van der Waals surface area contributed by atoms with Crippen LogP contribution in [0.3, 0.4) is 0 Å². The van der Waals surface area contributed by atoms with Gasteiger partial charge in [0.2, 0.25) is 5.69 Å². The van der Waals surface area contributed by atoms with Crippen molar-refractivity contribution in [3.63, 3.8) is 0 Å². The number of hydrogen-bond donors (Lipinski definition) is 0. The van der Waals surface area contributed by atoms with Gasteiger partial charge in [-0.25, -0.2) is 0 Å². The predicted octanol–water partition coefficient (Wildman–Crippen LogP) is 10.9. The topological polar surface area (TPSA) is 3.88 Å². The number of rotatable bonds is 3. The Bertz CT molecular complexity index is 1790. The van der Waals surface area contributed by atoms with Crippen LogP contribution in [0.4, 0.5) is 19.4 Å². The predicted molar refractivity (Wildman–Crippen MR) is 152 cm³/mol. The molecule has 5 rings (SSSR count). The standard InChI is InChI=1S/C30H31F5NS2/c1-17-12-18(2)19(3)24(13-17)27-29-26(25(16-36(27)7)38(31,32,33,34)35)23-11-9-21-14-20(15-30(4,5)6)8-10-22(21)28(23)37-29/h8-14,16H,15H2,1-7H3/q+1. The molecular weight excluding hydrogens is 533 g/mol. The van der Waals surface area contributed by atoms with E-state index in [0.29, 0.717) is 16.6 Å². The number of halogens is 5. The number of pyridine rings is 1. The third-order valence-electron chi connectivity index (χ3n) is 7.08. The van der Waals surface area contributed by atoms with E-state index in [1.54, 1.807) is 12.1 Å². The molecule has 2 aromatic heterocycles. The summed E-state index contributed by atoms with van der Waals surface area (Å²) in [4.78, 5) is -1.83. The molecule has 0 spiro atoms. The van der Waals surface area contributed by atoms with Gasteiger partial charge >= 0.3 is 10.2 Å². The molecule has 0 aliphatic carbocycles. The summed E-state index contributed by atoms with van der Waals surface area (Å²) in [6.45, 7) is 12.2. The lowest BCUT2D eigenvalue weighted by Crippen LogP contribution is -2.32. The van der Waals surface area contributed by atoms with E-state index in [0.717, 1.165) is 56.3 Å². The Kier molecular flexibility index (Phi) is 5.44. The zero-order valence-electron chi connectivity index (χ0n) is 22.5. The number of aryl methyl sites for hydroxylation is 3. The van der Waals surface area contributed by atoms with Crippen LogP contribution in [0, 0.1) is 26.2 Å². The Hall–Kier alpha value is -2.71. The van der Waals surface area contributed by atoms with Gasteiger partial charge in [-0.2, -0.15) is 4.57 Å². The molecule has 0 N–H and O–H groups in total. The van der Waals surface area contributed by atoms with Crippen LogP contribution in [0.5, 0.6) is 0 Å². The highest BCUT2D eigenvalue weighted by Crippen LogP contribution is 3.02. The minimum atomic E-state index is -10.0. The molecule has 0 saturated carbocycles. The minimum absolute atomic E-state index is 0.0687. The third kappa shape index (κ3) is 4.66. The number of nitrogens with zero attached hydrogens (tertiary/aromatic N) is 1. The lowest BCUT2D eigenvalue weighted by molar-refractivity contribution is -0.661. The van der Waals surface area contributed by atoms with Crippen LogP contribution >= 0.6 is 21.6 Å². The van der Waals surface area contributed by atoms with Crippen LogP contribution in [-0.4, -0.2) is 0 Å². The van der Waals surface area contributed by atoms with E-state index < -0.39 is 20.5 Å². The molecular formula is C30H31F5NS2+. The van der Waals surface area contributed by atoms with Crippen molar-refractivity contribution in [1.82, 2.24) is 0 Å². The largest absolute Gasteiger partial charge is 0.316 e. The van der Waals surface area contributed by atoms with E-state index in [2.05, 4.69) is 20.8 Å². The van der Waals surface area contributed by atoms with E-state index in [9.17, 15) is 19.4 Å². The first-order valence-corrected chi connectivity index (χ1v) is 15.1. The Morgan fingerprint density at radius 1 is 0.842 bits per heavy atom. The fourth-order valence-corrected chi connectivity index (χ4v) is 7.89. The fourth-order valence-electron chi connectivity index (χ4n) is 5.42. The summed E-state index contributed by atoms with van der Waals surface area (Å²) in [5.74, 6) is 0. The maximum absolute atomic E-state index is 14.5. The van der Waals surface area contributed by atoms with E-state index in [-0.39, 0.29) is 15.5 Å². The van der Waals surface area contributed by atoms with Crippen LogP contribution in [0.1, 0.15) is 43.0 Å². The molecule has 0 aliphatic heterocycles. The number of aromatic nitrogens is 1. The quantitative estimate of drug-likeness (QED) is 0.152. The van der Waals surface area contributed by atoms with E-state index in [1.165, 1.54) is 11.6 Å². The van der Waals surface area contributed by atoms with Gasteiger partial charge in [0.25, 0.3) is 0 Å². The molecule has 1 nitrogen and oxygen atoms in total. The fraction of sp³-hybridized carbons (Fsp3) is 0.300. The van der Waals surface area contributed by atoms with Gasteiger partial charge in [0.05, 0.1) is 5.56 Å². The molecule has 0 fully saturated rings. The monoisotopic (exact) mass is 564 g/mol. The SMILES string of the molecule is Cc1cc(C)c(C)c(-c2c3sc4c5ccc(CC(C)(C)C)cc5ccc4c3c(S(F)(F)(F)(F)F)c[n+]2C)c1. The van der Waals surface area contributed by atoms with Crippen molar-refractivity contribution in [1.29, 1.82) is 0 Å². The molecule has 3 aromatic carbocycles. The Morgan fingerprint density at radius 2 is 1.50 bits per heavy atom. The molecule has 0 atom stereocenters. The van der Waals surface area contributed by atoms with Gasteiger partial charge in [-0.15, -0.1) is 11.3 Å². The van der Waals surface area contributed by atoms with Gasteiger partial charge in [-0.05, 0) is 66.1 Å². The minimum Gasteiger partial charge on any atom is -0.198 e. The van der Waals surface area contributed by atoms with Crippen molar-refractivity contribution in [3.8, 4) is 11.3 Å². The second kappa shape index (κ2) is 7.69. The zero-order chi connectivity index (χ0) is 28.1. The molecule has 0 amide bonds. The molecule has 0 aliphatic rings. The van der Waals surface area contributed by atoms with Crippen LogP contribution in [0.15, 0.2) is 53.6 Å². The van der Waals surface area contributed by atoms with Crippen LogP contribution in [-0.2, 0) is 13.5 Å². The highest BCUT2D eigenvalue weighted by atomic mass is 32.5. The van der Waals surface area contributed by atoms with Gasteiger partial charge in [0, 0.05) is 15.5 Å². The summed E-state index contributed by atoms with van der Waals surface area (Å²) in [6, 6.07) is 13.2. The molecule has 0 saturated heterocycles. The summed E-state index contributed by atoms with van der Waals surface area (Å²) in [7, 11) is -8.61. The number of benzene rings is 3. The maximum Gasteiger partial charge on any atom is 0.316 e. The normalized spacial score (nSPS) is 14.8. The average Bonchev–Trinajstić information content (AvgIpc) is 3.12. The van der Waals surface area contributed by atoms with E-state index in [4.69, 9.17) is 0 Å². The van der Waals surface area contributed by atoms with Crippen molar-refractivity contribution in [2.24, 2.45) is 12.5 Å². The second-order valence-corrected chi connectivity index (χ2v) is 15.1. The summed E-state index contributed by atoms with van der Waals surface area (Å²) in [5, 5.41) is 1.43. The molecule has 5 aromatic rings. The van der Waals surface area contributed by atoms with Crippen molar-refractivity contribution in [2.45, 2.75) is 52.9 Å². The summed E-state index contributed by atoms with van der Waals surface area (Å²) < 4.78 is 74.6. The Labute approximate surface area is 223 Å². The molecule has 0 bridgehead atoms. The first-order valence-electron chi connectivity index (χ1n) is 12.4. The highest BCUT2D eigenvalue weighted by molar-refractivity contribution is 8.46. The smallest absolute Gasteiger partial charge is 0.198 e. The van der Waals surface area contributed by atoms with Crippen molar-refractivity contribution in [3.05, 3.63) is 70.9 Å². The summed E-state index contributed by atoms with van der Waals surface area (Å²) in [5.41, 5.74) is 5.28. The average molecular weight is 565 g/mol. The van der Waals surface area contributed by atoms with Crippen LogP contribution in [0.25, 0.3) is 42.2 Å². The van der Waals surface area contributed by atoms with Gasteiger partial charge < -0.3 is 0 Å². The third-order valence-corrected chi connectivity index (χ3v) is 9.46. The van der Waals surface area contributed by atoms with Crippen molar-refractivity contribution >= 4 is 52.5 Å². The number of fused-ring (bicyclic) bond motifs is 5. The lowest BCUT2D eigenvalue weighted by Gasteiger charge is -2.39. The molecule has 38 heavy (non-hydrogen) atoms. The zero-order valence-corrected chi connectivity index (χ0v) is 24.1. The summed E-state index contributed by atoms with van der Waals surface area (Å²) in [6.07, 6.45) is 1.42. The molecule has 2 heterocycles. The molecule has 202 valence electrons. The lowest BCUT2D eigenvalue weighted by atomic mass is 9.87. The van der Waals surface area contributed by atoms with E-state index in [1.807, 2.05) is 51.1 Å². The van der Waals surface area contributed by atoms with Gasteiger partial charge in [0.15, 0.2) is 11.1 Å². The van der Waals surface area contributed by atoms with Gasteiger partial charge in [0.1, 0.15) is 11.7 Å². The molecule has 0 radical (unpaired) electrons. The molecule has 0 unspecified atom stereocenters. The Morgan fingerprint density at radius 3 is 2.13 bits per heavy atom. The second-order valence-electron chi connectivity index (χ2n) is 11.7. The highest BCUT2D eigenvalue weighted by Gasteiger charge is 2.68. The first-order chi connectivity index (χ1) is 17.2. The van der Waals surface area contributed by atoms with Gasteiger partial charge in [-0.3, -0.25) is 0 Å². The van der Waals surface area contributed by atoms with Crippen molar-refractivity contribution < 1.29 is 24.0 Å². The van der Waals surface area contributed by atoms with Gasteiger partial charge in [-0.1, -0.05) is 82.2 Å². The van der Waals surface area contributed by atoms with Crippen LogP contribution < -0.4 is 4.57 Å². The first kappa shape index (κ1) is 26.9. The summed E-state index contributed by atoms with van der Waals surface area (Å²) >= 11 is 1.16. The van der Waals surface area contributed by atoms with Crippen LogP contribution in [0.2, 0.25) is 0 Å². The molecule has 8 heteroatoms. The van der Waals surface area contributed by atoms with Crippen molar-refractivity contribution in [2.75, 3.05) is 0 Å².